The molecule has 0 aromatic rings. The molecule has 0 aliphatic carbocycles. The van der Waals surface area contributed by atoms with Crippen molar-refractivity contribution in [1.29, 1.82) is 0 Å². The Kier molecular flexibility index (Phi) is 10.5. The van der Waals surface area contributed by atoms with Gasteiger partial charge in [0.1, 0.15) is 11.6 Å². The van der Waals surface area contributed by atoms with Crippen LogP contribution in [0.3, 0.4) is 0 Å². The van der Waals surface area contributed by atoms with E-state index in [9.17, 15) is 9.59 Å². The number of rotatable bonds is 9. The van der Waals surface area contributed by atoms with E-state index < -0.39 is 17.7 Å². The van der Waals surface area contributed by atoms with Crippen LogP contribution in [0.1, 0.15) is 60.3 Å². The fourth-order valence-corrected chi connectivity index (χ4v) is 2.38. The Morgan fingerprint density at radius 3 is 2.27 bits per heavy atom. The molecule has 0 saturated carbocycles. The molecule has 22 heavy (non-hydrogen) atoms. The van der Waals surface area contributed by atoms with Gasteiger partial charge in [0.05, 0.1) is 6.61 Å². The van der Waals surface area contributed by atoms with E-state index >= 15 is 0 Å². The van der Waals surface area contributed by atoms with Gasteiger partial charge in [-0.3, -0.25) is 4.90 Å². The summed E-state index contributed by atoms with van der Waals surface area (Å²) in [6.07, 6.45) is 2.66. The molecule has 6 heteroatoms. The van der Waals surface area contributed by atoms with Gasteiger partial charge in [0, 0.05) is 11.9 Å². The van der Waals surface area contributed by atoms with Gasteiger partial charge >= 0.3 is 12.1 Å². The number of carbonyl (C=O) groups excluding carboxylic acids is 2. The second kappa shape index (κ2) is 10.9. The van der Waals surface area contributed by atoms with Crippen LogP contribution in [0.15, 0.2) is 0 Å². The van der Waals surface area contributed by atoms with Crippen molar-refractivity contribution in [1.82, 2.24) is 4.90 Å². The Morgan fingerprint density at radius 2 is 1.82 bits per heavy atom. The summed E-state index contributed by atoms with van der Waals surface area (Å²) in [5.41, 5.74) is -0.587. The third-order valence-electron chi connectivity index (χ3n) is 2.91. The van der Waals surface area contributed by atoms with Crippen molar-refractivity contribution < 1.29 is 19.1 Å². The Labute approximate surface area is 142 Å². The van der Waals surface area contributed by atoms with E-state index in [2.05, 4.69) is 15.9 Å². The monoisotopic (exact) mass is 379 g/mol. The summed E-state index contributed by atoms with van der Waals surface area (Å²) in [6, 6.07) is -0.574. The molecule has 0 heterocycles. The molecule has 0 radical (unpaired) electrons. The first-order valence-electron chi connectivity index (χ1n) is 7.99. The van der Waals surface area contributed by atoms with Gasteiger partial charge < -0.3 is 9.47 Å². The van der Waals surface area contributed by atoms with E-state index in [1.54, 1.807) is 6.92 Å². The topological polar surface area (TPSA) is 55.8 Å². The number of esters is 1. The Balaban J connectivity index is 5.11. The maximum absolute atomic E-state index is 12.5. The molecule has 0 spiro atoms. The van der Waals surface area contributed by atoms with E-state index in [4.69, 9.17) is 9.47 Å². The molecular weight excluding hydrogens is 350 g/mol. The molecule has 0 N–H and O–H groups in total. The van der Waals surface area contributed by atoms with Gasteiger partial charge in [-0.1, -0.05) is 29.3 Å². The lowest BCUT2D eigenvalue weighted by atomic mass is 10.1. The van der Waals surface area contributed by atoms with Crippen molar-refractivity contribution in [2.45, 2.75) is 71.9 Å². The fraction of sp³-hybridized carbons (Fsp3) is 0.875. The Bertz CT molecular complexity index is 342. The van der Waals surface area contributed by atoms with Crippen LogP contribution in [0.2, 0.25) is 0 Å². The maximum Gasteiger partial charge on any atom is 0.411 e. The second-order valence-electron chi connectivity index (χ2n) is 6.13. The number of carbonyl (C=O) groups is 2. The lowest BCUT2D eigenvalue weighted by Gasteiger charge is -2.32. The quantitative estimate of drug-likeness (QED) is 0.343. The van der Waals surface area contributed by atoms with Gasteiger partial charge in [0.25, 0.3) is 0 Å². The van der Waals surface area contributed by atoms with Crippen molar-refractivity contribution in [2.24, 2.45) is 0 Å². The number of unbranched alkanes of at least 4 members (excludes halogenated alkanes) is 1. The van der Waals surface area contributed by atoms with Gasteiger partial charge in [0.15, 0.2) is 0 Å². The van der Waals surface area contributed by atoms with Gasteiger partial charge in [-0.15, -0.1) is 0 Å². The molecule has 0 aliphatic heterocycles. The lowest BCUT2D eigenvalue weighted by Crippen LogP contribution is -2.48. The summed E-state index contributed by atoms with van der Waals surface area (Å²) in [5.74, 6) is -0.353. The zero-order valence-corrected chi connectivity index (χ0v) is 16.1. The number of ether oxygens (including phenoxy) is 2. The van der Waals surface area contributed by atoms with E-state index in [-0.39, 0.29) is 5.97 Å². The van der Waals surface area contributed by atoms with Crippen LogP contribution >= 0.6 is 15.9 Å². The molecule has 0 saturated heterocycles. The van der Waals surface area contributed by atoms with Crippen LogP contribution in [0.4, 0.5) is 4.79 Å². The Hall–Kier alpha value is -0.780. The third-order valence-corrected chi connectivity index (χ3v) is 3.47. The molecule has 0 unspecified atom stereocenters. The van der Waals surface area contributed by atoms with Crippen molar-refractivity contribution in [3.8, 4) is 0 Å². The predicted octanol–water partition coefficient (Wildman–Crippen LogP) is 4.13. The lowest BCUT2D eigenvalue weighted by molar-refractivity contribution is -0.149. The number of halogens is 1. The molecule has 1 atom stereocenters. The zero-order valence-electron chi connectivity index (χ0n) is 14.5. The van der Waals surface area contributed by atoms with Crippen LogP contribution in [0.25, 0.3) is 0 Å². The SMILES string of the molecule is CCC[C@@H](C(=O)OCC)N(CCCCBr)C(=O)OC(C)(C)C. The van der Waals surface area contributed by atoms with Crippen LogP contribution in [0, 0.1) is 0 Å². The summed E-state index contributed by atoms with van der Waals surface area (Å²) in [5, 5.41) is 0.868. The molecule has 0 aromatic heterocycles. The van der Waals surface area contributed by atoms with E-state index in [0.29, 0.717) is 19.6 Å². The Morgan fingerprint density at radius 1 is 1.18 bits per heavy atom. The van der Waals surface area contributed by atoms with Crippen LogP contribution in [-0.2, 0) is 14.3 Å². The minimum atomic E-state index is -0.587. The number of hydrogen-bond donors (Lipinski definition) is 0. The van der Waals surface area contributed by atoms with Gasteiger partial charge in [0.2, 0.25) is 0 Å². The smallest absolute Gasteiger partial charge is 0.411 e. The molecule has 0 aliphatic rings. The second-order valence-corrected chi connectivity index (χ2v) is 6.92. The third kappa shape index (κ3) is 8.61. The standard InChI is InChI=1S/C16H30BrNO4/c1-6-10-13(14(19)21-7-2)18(12-9-8-11-17)15(20)22-16(3,4)5/h13H,6-12H2,1-5H3/t13-/m0/s1. The molecular formula is C16H30BrNO4. The van der Waals surface area contributed by atoms with Gasteiger partial charge in [-0.25, -0.2) is 9.59 Å². The maximum atomic E-state index is 12.5. The summed E-state index contributed by atoms with van der Waals surface area (Å²) in [6.45, 7) is 10.0. The van der Waals surface area contributed by atoms with Crippen molar-refractivity contribution in [3.05, 3.63) is 0 Å². The van der Waals surface area contributed by atoms with E-state index in [1.165, 1.54) is 4.90 Å². The summed E-state index contributed by atoms with van der Waals surface area (Å²) in [4.78, 5) is 26.2. The summed E-state index contributed by atoms with van der Waals surface area (Å²) < 4.78 is 10.6. The number of nitrogens with zero attached hydrogens (tertiary/aromatic N) is 1. The molecule has 0 aromatic carbocycles. The van der Waals surface area contributed by atoms with Crippen molar-refractivity contribution in [2.75, 3.05) is 18.5 Å². The van der Waals surface area contributed by atoms with Crippen molar-refractivity contribution in [3.63, 3.8) is 0 Å². The van der Waals surface area contributed by atoms with E-state index in [0.717, 1.165) is 24.6 Å². The fourth-order valence-electron chi connectivity index (χ4n) is 1.98. The average molecular weight is 380 g/mol. The molecule has 130 valence electrons. The first kappa shape index (κ1) is 21.2. The zero-order chi connectivity index (χ0) is 17.2. The molecule has 1 amide bonds. The summed E-state index contributed by atoms with van der Waals surface area (Å²) in [7, 11) is 0. The normalized spacial score (nSPS) is 12.6. The molecule has 5 nitrogen and oxygen atoms in total. The van der Waals surface area contributed by atoms with Gasteiger partial charge in [-0.2, -0.15) is 0 Å². The van der Waals surface area contributed by atoms with E-state index in [1.807, 2.05) is 27.7 Å². The number of amides is 1. The molecule has 0 bridgehead atoms. The van der Waals surface area contributed by atoms with Crippen molar-refractivity contribution >= 4 is 28.0 Å². The highest BCUT2D eigenvalue weighted by atomic mass is 79.9. The minimum absolute atomic E-state index is 0.308. The largest absolute Gasteiger partial charge is 0.464 e. The minimum Gasteiger partial charge on any atom is -0.464 e. The highest BCUT2D eigenvalue weighted by molar-refractivity contribution is 9.09. The first-order valence-corrected chi connectivity index (χ1v) is 9.11. The van der Waals surface area contributed by atoms with Crippen LogP contribution < -0.4 is 0 Å². The average Bonchev–Trinajstić information content (AvgIpc) is 2.40. The number of alkyl halides is 1. The highest BCUT2D eigenvalue weighted by Gasteiger charge is 2.32. The first-order chi connectivity index (χ1) is 10.3. The predicted molar refractivity (Wildman–Crippen MR) is 91.3 cm³/mol. The number of hydrogen-bond acceptors (Lipinski definition) is 4. The summed E-state index contributed by atoms with van der Waals surface area (Å²) >= 11 is 3.38. The van der Waals surface area contributed by atoms with Crippen LogP contribution in [0.5, 0.6) is 0 Å². The molecule has 0 rings (SSSR count). The molecule has 0 fully saturated rings. The highest BCUT2D eigenvalue weighted by Crippen LogP contribution is 2.17. The van der Waals surface area contributed by atoms with Gasteiger partial charge in [-0.05, 0) is 47.0 Å². The van der Waals surface area contributed by atoms with Crippen LogP contribution in [-0.4, -0.2) is 47.1 Å².